The molecular formula is C15H23N3O3. The van der Waals surface area contributed by atoms with Crippen LogP contribution >= 0.6 is 0 Å². The fraction of sp³-hybridized carbons (Fsp3) is 0.467. The first-order chi connectivity index (χ1) is 9.84. The van der Waals surface area contributed by atoms with E-state index in [9.17, 15) is 14.7 Å². The number of aliphatic hydroxyl groups is 1. The van der Waals surface area contributed by atoms with E-state index in [1.165, 1.54) is 0 Å². The van der Waals surface area contributed by atoms with Crippen molar-refractivity contribution < 1.29 is 14.7 Å². The van der Waals surface area contributed by atoms with E-state index in [4.69, 9.17) is 5.73 Å². The Morgan fingerprint density at radius 1 is 1.24 bits per heavy atom. The number of primary amides is 1. The third kappa shape index (κ3) is 6.27. The Bertz CT molecular complexity index is 483. The van der Waals surface area contributed by atoms with Crippen molar-refractivity contribution in [2.45, 2.75) is 38.8 Å². The van der Waals surface area contributed by atoms with E-state index in [2.05, 4.69) is 10.6 Å². The summed E-state index contributed by atoms with van der Waals surface area (Å²) in [6.07, 6.45) is 1.48. The minimum Gasteiger partial charge on any atom is -0.388 e. The molecule has 0 aliphatic heterocycles. The van der Waals surface area contributed by atoms with Crippen LogP contribution < -0.4 is 16.4 Å². The van der Waals surface area contributed by atoms with Crippen LogP contribution in [0.1, 0.15) is 42.6 Å². The third-order valence-corrected chi connectivity index (χ3v) is 3.10. The second-order valence-electron chi connectivity index (χ2n) is 5.34. The molecule has 0 radical (unpaired) electrons. The second kappa shape index (κ2) is 7.64. The third-order valence-electron chi connectivity index (χ3n) is 3.10. The molecule has 0 aromatic heterocycles. The summed E-state index contributed by atoms with van der Waals surface area (Å²) < 4.78 is 0. The molecule has 6 heteroatoms. The standard InChI is InChI=1S/C15H23N3O3/c1-3-8-15(2,21)10-18-13(19)12-6-4-11(5-7-12)9-17-14(16)20/h4-7,21H,3,8-10H2,1-2H3,(H,18,19)(H3,16,17,20). The molecule has 6 nitrogen and oxygen atoms in total. The van der Waals surface area contributed by atoms with Crippen molar-refractivity contribution in [3.63, 3.8) is 0 Å². The van der Waals surface area contributed by atoms with Crippen molar-refractivity contribution in [2.75, 3.05) is 6.54 Å². The zero-order valence-electron chi connectivity index (χ0n) is 12.5. The highest BCUT2D eigenvalue weighted by Gasteiger charge is 2.20. The highest BCUT2D eigenvalue weighted by molar-refractivity contribution is 5.94. The number of amides is 3. The molecule has 1 unspecified atom stereocenters. The van der Waals surface area contributed by atoms with Crippen LogP contribution in [0.2, 0.25) is 0 Å². The number of carbonyl (C=O) groups is 2. The quantitative estimate of drug-likeness (QED) is 0.606. The fourth-order valence-corrected chi connectivity index (χ4v) is 1.96. The van der Waals surface area contributed by atoms with Gasteiger partial charge < -0.3 is 21.5 Å². The van der Waals surface area contributed by atoms with Crippen molar-refractivity contribution in [1.82, 2.24) is 10.6 Å². The van der Waals surface area contributed by atoms with Gasteiger partial charge in [-0.3, -0.25) is 4.79 Å². The summed E-state index contributed by atoms with van der Waals surface area (Å²) in [7, 11) is 0. The topological polar surface area (TPSA) is 104 Å². The second-order valence-corrected chi connectivity index (χ2v) is 5.34. The molecule has 0 saturated heterocycles. The molecule has 21 heavy (non-hydrogen) atoms. The first-order valence-corrected chi connectivity index (χ1v) is 6.97. The van der Waals surface area contributed by atoms with E-state index in [-0.39, 0.29) is 12.5 Å². The van der Waals surface area contributed by atoms with Gasteiger partial charge in [-0.2, -0.15) is 0 Å². The summed E-state index contributed by atoms with van der Waals surface area (Å²) in [5.74, 6) is -0.235. The summed E-state index contributed by atoms with van der Waals surface area (Å²) >= 11 is 0. The molecule has 0 aliphatic rings. The van der Waals surface area contributed by atoms with Crippen LogP contribution in [0.3, 0.4) is 0 Å². The number of urea groups is 1. The van der Waals surface area contributed by atoms with Crippen LogP contribution in [0.15, 0.2) is 24.3 Å². The summed E-state index contributed by atoms with van der Waals surface area (Å²) in [5, 5.41) is 15.2. The Kier molecular flexibility index (Phi) is 6.17. The average Bonchev–Trinajstić information content (AvgIpc) is 2.43. The Hall–Kier alpha value is -2.08. The normalized spacial score (nSPS) is 13.3. The zero-order chi connectivity index (χ0) is 15.9. The molecule has 1 atom stereocenters. The molecule has 3 amide bonds. The van der Waals surface area contributed by atoms with Crippen LogP contribution in [-0.2, 0) is 6.54 Å². The molecule has 0 fully saturated rings. The van der Waals surface area contributed by atoms with Crippen molar-refractivity contribution in [1.29, 1.82) is 0 Å². The van der Waals surface area contributed by atoms with Crippen LogP contribution in [0.5, 0.6) is 0 Å². The lowest BCUT2D eigenvalue weighted by atomic mass is 10.0. The van der Waals surface area contributed by atoms with E-state index < -0.39 is 11.6 Å². The van der Waals surface area contributed by atoms with Gasteiger partial charge in [0.15, 0.2) is 0 Å². The number of rotatable bonds is 7. The van der Waals surface area contributed by atoms with Gasteiger partial charge in [-0.05, 0) is 31.0 Å². The minimum atomic E-state index is -0.893. The van der Waals surface area contributed by atoms with Gasteiger partial charge in [0.05, 0.1) is 5.60 Å². The number of benzene rings is 1. The van der Waals surface area contributed by atoms with Gasteiger partial charge in [0, 0.05) is 18.7 Å². The monoisotopic (exact) mass is 293 g/mol. The van der Waals surface area contributed by atoms with E-state index in [0.717, 1.165) is 12.0 Å². The predicted octanol–water partition coefficient (Wildman–Crippen LogP) is 1.14. The van der Waals surface area contributed by atoms with Gasteiger partial charge in [0.2, 0.25) is 0 Å². The molecular weight excluding hydrogens is 270 g/mol. The van der Waals surface area contributed by atoms with Gasteiger partial charge in [0.1, 0.15) is 0 Å². The molecule has 0 aliphatic carbocycles. The number of nitrogens with one attached hydrogen (secondary N) is 2. The highest BCUT2D eigenvalue weighted by atomic mass is 16.3. The lowest BCUT2D eigenvalue weighted by Crippen LogP contribution is -2.40. The van der Waals surface area contributed by atoms with Crippen LogP contribution in [-0.4, -0.2) is 29.2 Å². The summed E-state index contributed by atoms with van der Waals surface area (Å²) in [5.41, 5.74) is 5.45. The number of hydrogen-bond donors (Lipinski definition) is 4. The van der Waals surface area contributed by atoms with Crippen LogP contribution in [0, 0.1) is 0 Å². The Morgan fingerprint density at radius 2 is 1.86 bits per heavy atom. The molecule has 0 bridgehead atoms. The van der Waals surface area contributed by atoms with Gasteiger partial charge in [0.25, 0.3) is 5.91 Å². The fourth-order valence-electron chi connectivity index (χ4n) is 1.96. The van der Waals surface area contributed by atoms with Crippen molar-refractivity contribution in [2.24, 2.45) is 5.73 Å². The maximum absolute atomic E-state index is 12.0. The summed E-state index contributed by atoms with van der Waals surface area (Å²) in [4.78, 5) is 22.6. The maximum Gasteiger partial charge on any atom is 0.312 e. The maximum atomic E-state index is 12.0. The number of hydrogen-bond acceptors (Lipinski definition) is 3. The van der Waals surface area contributed by atoms with E-state index in [1.54, 1.807) is 31.2 Å². The molecule has 116 valence electrons. The predicted molar refractivity (Wildman–Crippen MR) is 80.7 cm³/mol. The first kappa shape index (κ1) is 17.0. The minimum absolute atomic E-state index is 0.213. The molecule has 0 saturated carbocycles. The van der Waals surface area contributed by atoms with Crippen molar-refractivity contribution in [3.05, 3.63) is 35.4 Å². The highest BCUT2D eigenvalue weighted by Crippen LogP contribution is 2.11. The number of carbonyl (C=O) groups excluding carboxylic acids is 2. The Balaban J connectivity index is 2.53. The van der Waals surface area contributed by atoms with E-state index >= 15 is 0 Å². The smallest absolute Gasteiger partial charge is 0.312 e. The molecule has 0 spiro atoms. The SMILES string of the molecule is CCCC(C)(O)CNC(=O)c1ccc(CNC(N)=O)cc1. The van der Waals surface area contributed by atoms with Crippen molar-refractivity contribution in [3.8, 4) is 0 Å². The number of nitrogens with two attached hydrogens (primary N) is 1. The Labute approximate surface area is 124 Å². The van der Waals surface area contributed by atoms with Crippen molar-refractivity contribution >= 4 is 11.9 Å². The van der Waals surface area contributed by atoms with Gasteiger partial charge in [-0.15, -0.1) is 0 Å². The summed E-state index contributed by atoms with van der Waals surface area (Å²) in [6, 6.07) is 6.24. The lowest BCUT2D eigenvalue weighted by Gasteiger charge is -2.22. The average molecular weight is 293 g/mol. The van der Waals surface area contributed by atoms with Crippen LogP contribution in [0.25, 0.3) is 0 Å². The van der Waals surface area contributed by atoms with Gasteiger partial charge in [-0.1, -0.05) is 25.5 Å². The van der Waals surface area contributed by atoms with Gasteiger partial charge in [-0.25, -0.2) is 4.79 Å². The first-order valence-electron chi connectivity index (χ1n) is 6.97. The van der Waals surface area contributed by atoms with E-state index in [0.29, 0.717) is 18.5 Å². The zero-order valence-corrected chi connectivity index (χ0v) is 12.5. The Morgan fingerprint density at radius 3 is 2.38 bits per heavy atom. The largest absolute Gasteiger partial charge is 0.388 e. The molecule has 1 rings (SSSR count). The van der Waals surface area contributed by atoms with Crippen LogP contribution in [0.4, 0.5) is 4.79 Å². The molecule has 1 aromatic rings. The summed E-state index contributed by atoms with van der Waals surface area (Å²) in [6.45, 7) is 4.22. The van der Waals surface area contributed by atoms with Gasteiger partial charge >= 0.3 is 6.03 Å². The van der Waals surface area contributed by atoms with E-state index in [1.807, 2.05) is 6.92 Å². The lowest BCUT2D eigenvalue weighted by molar-refractivity contribution is 0.0469. The molecule has 5 N–H and O–H groups in total. The molecule has 1 aromatic carbocycles. The molecule has 0 heterocycles.